The van der Waals surface area contributed by atoms with E-state index in [2.05, 4.69) is 34.2 Å². The molecule has 0 saturated carbocycles. The molecule has 0 aliphatic carbocycles. The van der Waals surface area contributed by atoms with Crippen LogP contribution in [0.4, 0.5) is 0 Å². The molecule has 2 aromatic heterocycles. The lowest BCUT2D eigenvalue weighted by Crippen LogP contribution is -1.74. The summed E-state index contributed by atoms with van der Waals surface area (Å²) in [6.45, 7) is 0. The molecule has 4 rings (SSSR count). The molecule has 0 aliphatic rings. The molecule has 122 valence electrons. The SMILES string of the molecule is O=S(O)O.c1ccc2ncccc2c1.c1ccc2ncccc2c1. The Labute approximate surface area is 142 Å². The van der Waals surface area contributed by atoms with Gasteiger partial charge in [0.2, 0.25) is 0 Å². The van der Waals surface area contributed by atoms with E-state index in [1.807, 2.05) is 60.9 Å². The molecule has 0 radical (unpaired) electrons. The standard InChI is InChI=1S/2C9H7N.H2O3S/c2*1-2-6-9-8(4-1)5-3-7-10-9;1-4(2)3/h2*1-7H;(H2,1,2,3). The quantitative estimate of drug-likeness (QED) is 0.470. The van der Waals surface area contributed by atoms with E-state index >= 15 is 0 Å². The third kappa shape index (κ3) is 5.85. The van der Waals surface area contributed by atoms with Crippen molar-refractivity contribution in [2.45, 2.75) is 0 Å². The van der Waals surface area contributed by atoms with Crippen LogP contribution in [-0.4, -0.2) is 23.3 Å². The van der Waals surface area contributed by atoms with Gasteiger partial charge in [0.1, 0.15) is 0 Å². The number of para-hydroxylation sites is 2. The van der Waals surface area contributed by atoms with Crippen LogP contribution in [0.15, 0.2) is 85.2 Å². The summed E-state index contributed by atoms with van der Waals surface area (Å²) in [6.07, 6.45) is 3.62. The van der Waals surface area contributed by atoms with Crippen molar-refractivity contribution in [3.63, 3.8) is 0 Å². The second-order valence-corrected chi connectivity index (χ2v) is 5.08. The van der Waals surface area contributed by atoms with Gasteiger partial charge in [0, 0.05) is 23.2 Å². The van der Waals surface area contributed by atoms with Gasteiger partial charge in [-0.1, -0.05) is 48.5 Å². The molecule has 0 aliphatic heterocycles. The van der Waals surface area contributed by atoms with E-state index in [4.69, 9.17) is 13.3 Å². The molecule has 0 fully saturated rings. The van der Waals surface area contributed by atoms with Crippen molar-refractivity contribution in [3.8, 4) is 0 Å². The molecule has 0 atom stereocenters. The first-order chi connectivity index (χ1) is 11.7. The predicted molar refractivity (Wildman–Crippen MR) is 96.9 cm³/mol. The lowest BCUT2D eigenvalue weighted by Gasteiger charge is -1.91. The summed E-state index contributed by atoms with van der Waals surface area (Å²) < 4.78 is 22.8. The molecule has 24 heavy (non-hydrogen) atoms. The van der Waals surface area contributed by atoms with E-state index in [0.717, 1.165) is 11.0 Å². The lowest BCUT2D eigenvalue weighted by atomic mass is 10.2. The summed E-state index contributed by atoms with van der Waals surface area (Å²) in [4.78, 5) is 8.36. The van der Waals surface area contributed by atoms with Gasteiger partial charge in [0.25, 0.3) is 11.4 Å². The molecular weight excluding hydrogens is 324 g/mol. The smallest absolute Gasteiger partial charge is 0.284 e. The number of rotatable bonds is 0. The Kier molecular flexibility index (Phi) is 6.97. The van der Waals surface area contributed by atoms with Crippen LogP contribution < -0.4 is 0 Å². The summed E-state index contributed by atoms with van der Waals surface area (Å²) >= 11 is -2.61. The van der Waals surface area contributed by atoms with Crippen LogP contribution in [0.25, 0.3) is 21.8 Å². The maximum absolute atomic E-state index is 8.67. The molecule has 0 unspecified atom stereocenters. The molecule has 6 heteroatoms. The van der Waals surface area contributed by atoms with E-state index in [0.29, 0.717) is 0 Å². The maximum Gasteiger partial charge on any atom is 0.299 e. The average molecular weight is 340 g/mol. The normalized spacial score (nSPS) is 9.79. The zero-order valence-corrected chi connectivity index (χ0v) is 13.5. The van der Waals surface area contributed by atoms with Gasteiger partial charge in [0.15, 0.2) is 0 Å². The molecule has 4 aromatic rings. The molecule has 0 amide bonds. The second kappa shape index (κ2) is 9.46. The molecule has 0 bridgehead atoms. The Bertz CT molecular complexity index is 725. The van der Waals surface area contributed by atoms with Gasteiger partial charge in [-0.05, 0) is 24.3 Å². The molecule has 2 aromatic carbocycles. The van der Waals surface area contributed by atoms with Crippen molar-refractivity contribution in [2.24, 2.45) is 0 Å². The fourth-order valence-corrected chi connectivity index (χ4v) is 2.03. The summed E-state index contributed by atoms with van der Waals surface area (Å²) in [5.74, 6) is 0. The van der Waals surface area contributed by atoms with Crippen molar-refractivity contribution in [1.29, 1.82) is 0 Å². The Morgan fingerprint density at radius 3 is 1.33 bits per heavy atom. The highest BCUT2D eigenvalue weighted by atomic mass is 32.2. The van der Waals surface area contributed by atoms with Crippen molar-refractivity contribution in [3.05, 3.63) is 85.2 Å². The van der Waals surface area contributed by atoms with E-state index in [1.165, 1.54) is 10.8 Å². The molecule has 0 spiro atoms. The third-order valence-corrected chi connectivity index (χ3v) is 3.02. The van der Waals surface area contributed by atoms with Gasteiger partial charge >= 0.3 is 0 Å². The summed E-state index contributed by atoms with van der Waals surface area (Å²) in [5, 5.41) is 2.40. The topological polar surface area (TPSA) is 83.3 Å². The highest BCUT2D eigenvalue weighted by Crippen LogP contribution is 2.08. The summed E-state index contributed by atoms with van der Waals surface area (Å²) in [5.41, 5.74) is 2.12. The Morgan fingerprint density at radius 1 is 0.625 bits per heavy atom. The number of aromatic nitrogens is 2. The van der Waals surface area contributed by atoms with Crippen molar-refractivity contribution in [1.82, 2.24) is 9.97 Å². The third-order valence-electron chi connectivity index (χ3n) is 3.02. The highest BCUT2D eigenvalue weighted by molar-refractivity contribution is 7.73. The maximum atomic E-state index is 8.67. The number of hydrogen-bond acceptors (Lipinski definition) is 3. The molecule has 2 N–H and O–H groups in total. The zero-order chi connectivity index (χ0) is 17.2. The van der Waals surface area contributed by atoms with Crippen LogP contribution >= 0.6 is 0 Å². The molecule has 2 heterocycles. The minimum atomic E-state index is -2.61. The predicted octanol–water partition coefficient (Wildman–Crippen LogP) is 4.15. The van der Waals surface area contributed by atoms with Gasteiger partial charge in [-0.3, -0.25) is 19.1 Å². The number of benzene rings is 2. The fourth-order valence-electron chi connectivity index (χ4n) is 2.03. The lowest BCUT2D eigenvalue weighted by molar-refractivity contribution is 0.454. The summed E-state index contributed by atoms with van der Waals surface area (Å²) in [6, 6.07) is 24.2. The van der Waals surface area contributed by atoms with E-state index in [1.54, 1.807) is 0 Å². The first-order valence-corrected chi connectivity index (χ1v) is 8.12. The van der Waals surface area contributed by atoms with Crippen molar-refractivity contribution in [2.75, 3.05) is 0 Å². The first-order valence-electron chi connectivity index (χ1n) is 7.06. The zero-order valence-electron chi connectivity index (χ0n) is 12.7. The Balaban J connectivity index is 0.000000143. The van der Waals surface area contributed by atoms with E-state index < -0.39 is 11.4 Å². The van der Waals surface area contributed by atoms with E-state index in [-0.39, 0.29) is 0 Å². The fraction of sp³-hybridized carbons (Fsp3) is 0. The number of fused-ring (bicyclic) bond motifs is 2. The molecule has 0 saturated heterocycles. The van der Waals surface area contributed by atoms with Gasteiger partial charge in [-0.15, -0.1) is 0 Å². The van der Waals surface area contributed by atoms with Gasteiger partial charge in [0.05, 0.1) is 11.0 Å². The average Bonchev–Trinajstić information content (AvgIpc) is 2.62. The first kappa shape index (κ1) is 17.7. The van der Waals surface area contributed by atoms with E-state index in [9.17, 15) is 0 Å². The van der Waals surface area contributed by atoms with Gasteiger partial charge < -0.3 is 0 Å². The summed E-state index contributed by atoms with van der Waals surface area (Å²) in [7, 11) is 0. The highest BCUT2D eigenvalue weighted by Gasteiger charge is 1.87. The molecule has 5 nitrogen and oxygen atoms in total. The Morgan fingerprint density at radius 2 is 0.958 bits per heavy atom. The van der Waals surface area contributed by atoms with Crippen LogP contribution in [0.5, 0.6) is 0 Å². The van der Waals surface area contributed by atoms with Crippen molar-refractivity contribution < 1.29 is 13.3 Å². The van der Waals surface area contributed by atoms with Crippen LogP contribution in [0.3, 0.4) is 0 Å². The van der Waals surface area contributed by atoms with Crippen molar-refractivity contribution >= 4 is 33.2 Å². The van der Waals surface area contributed by atoms with Gasteiger partial charge in [-0.25, -0.2) is 0 Å². The van der Waals surface area contributed by atoms with Crippen LogP contribution in [0.2, 0.25) is 0 Å². The minimum absolute atomic E-state index is 1.06. The second-order valence-electron chi connectivity index (χ2n) is 4.62. The molecular formula is C18H16N2O3S. The largest absolute Gasteiger partial charge is 0.299 e. The minimum Gasteiger partial charge on any atom is -0.284 e. The Hall–Kier alpha value is -2.67. The van der Waals surface area contributed by atoms with Crippen LogP contribution in [0, 0.1) is 0 Å². The van der Waals surface area contributed by atoms with Crippen LogP contribution in [-0.2, 0) is 11.4 Å². The number of nitrogens with zero attached hydrogens (tertiary/aromatic N) is 2. The number of hydrogen-bond donors (Lipinski definition) is 2. The monoisotopic (exact) mass is 340 g/mol. The number of pyridine rings is 2. The van der Waals surface area contributed by atoms with Gasteiger partial charge in [-0.2, -0.15) is 4.21 Å². The van der Waals surface area contributed by atoms with Crippen LogP contribution in [0.1, 0.15) is 0 Å².